The summed E-state index contributed by atoms with van der Waals surface area (Å²) < 4.78 is 18.7. The molecule has 1 aromatic rings. The van der Waals surface area contributed by atoms with Crippen molar-refractivity contribution in [1.82, 2.24) is 4.90 Å². The molecule has 0 aromatic heterocycles. The van der Waals surface area contributed by atoms with Crippen LogP contribution in [0.25, 0.3) is 0 Å². The van der Waals surface area contributed by atoms with Gasteiger partial charge in [-0.15, -0.1) is 0 Å². The summed E-state index contributed by atoms with van der Waals surface area (Å²) in [6.45, 7) is 6.54. The Morgan fingerprint density at radius 3 is 2.57 bits per heavy atom. The highest BCUT2D eigenvalue weighted by atomic mass is 19.1. The van der Waals surface area contributed by atoms with E-state index in [1.165, 1.54) is 18.6 Å². The molecule has 4 heteroatoms. The Bertz CT molecular complexity index is 564. The molecule has 1 aromatic carbocycles. The maximum absolute atomic E-state index is 13.1. The maximum Gasteiger partial charge on any atom is 0.410 e. The average Bonchev–Trinajstić information content (AvgIpc) is 2.48. The molecule has 3 aliphatic rings. The fourth-order valence-corrected chi connectivity index (χ4v) is 4.01. The number of rotatable bonds is 2. The van der Waals surface area contributed by atoms with Crippen LogP contribution in [0, 0.1) is 17.7 Å². The number of benzene rings is 1. The molecule has 0 N–H and O–H groups in total. The van der Waals surface area contributed by atoms with Gasteiger partial charge in [-0.2, -0.15) is 0 Å². The Balaban J connectivity index is 1.70. The maximum atomic E-state index is 13.1. The third-order valence-corrected chi connectivity index (χ3v) is 4.95. The first kappa shape index (κ1) is 16.3. The molecule has 0 radical (unpaired) electrons. The molecule has 1 aliphatic carbocycles. The first-order valence-electron chi connectivity index (χ1n) is 8.56. The SMILES string of the molecule is CC(C)(C)OC(=O)N1CC2CCC1C(Cc1ccc(F)cc1)C2. The van der Waals surface area contributed by atoms with E-state index < -0.39 is 5.60 Å². The van der Waals surface area contributed by atoms with Gasteiger partial charge in [-0.25, -0.2) is 9.18 Å². The van der Waals surface area contributed by atoms with Crippen molar-refractivity contribution in [2.45, 2.75) is 58.1 Å². The van der Waals surface area contributed by atoms with Crippen molar-refractivity contribution in [3.05, 3.63) is 35.6 Å². The van der Waals surface area contributed by atoms with Crippen molar-refractivity contribution in [3.8, 4) is 0 Å². The van der Waals surface area contributed by atoms with E-state index in [1.54, 1.807) is 0 Å². The van der Waals surface area contributed by atoms with Crippen molar-refractivity contribution in [1.29, 1.82) is 0 Å². The molecule has 4 rings (SSSR count). The molecule has 3 unspecified atom stereocenters. The van der Waals surface area contributed by atoms with Gasteiger partial charge in [-0.1, -0.05) is 12.1 Å². The Labute approximate surface area is 137 Å². The van der Waals surface area contributed by atoms with Crippen molar-refractivity contribution in [2.24, 2.45) is 11.8 Å². The molecule has 2 heterocycles. The van der Waals surface area contributed by atoms with E-state index in [0.29, 0.717) is 11.8 Å². The van der Waals surface area contributed by atoms with Crippen LogP contribution >= 0.6 is 0 Å². The van der Waals surface area contributed by atoms with Gasteiger partial charge in [-0.05, 0) is 76.0 Å². The lowest BCUT2D eigenvalue weighted by Gasteiger charge is -2.50. The molecule has 2 aliphatic heterocycles. The number of carbonyl (C=O) groups is 1. The Hall–Kier alpha value is -1.58. The van der Waals surface area contributed by atoms with Crippen LogP contribution in [0.4, 0.5) is 9.18 Å². The molecular formula is C19H26FNO2. The van der Waals surface area contributed by atoms with Gasteiger partial charge in [0, 0.05) is 12.6 Å². The topological polar surface area (TPSA) is 29.5 Å². The fourth-order valence-electron chi connectivity index (χ4n) is 4.01. The Morgan fingerprint density at radius 2 is 1.96 bits per heavy atom. The van der Waals surface area contributed by atoms with Gasteiger partial charge in [0.15, 0.2) is 0 Å². The van der Waals surface area contributed by atoms with Gasteiger partial charge >= 0.3 is 6.09 Å². The summed E-state index contributed by atoms with van der Waals surface area (Å²) in [5, 5.41) is 0. The fraction of sp³-hybridized carbons (Fsp3) is 0.632. The van der Waals surface area contributed by atoms with E-state index in [9.17, 15) is 9.18 Å². The lowest BCUT2D eigenvalue weighted by Crippen LogP contribution is -2.56. The van der Waals surface area contributed by atoms with E-state index in [4.69, 9.17) is 4.74 Å². The number of ether oxygens (including phenoxy) is 1. The minimum atomic E-state index is -0.458. The van der Waals surface area contributed by atoms with Crippen LogP contribution in [0.1, 0.15) is 45.6 Å². The monoisotopic (exact) mass is 319 g/mol. The van der Waals surface area contributed by atoms with Crippen LogP contribution < -0.4 is 0 Å². The van der Waals surface area contributed by atoms with Crippen molar-refractivity contribution in [2.75, 3.05) is 6.54 Å². The van der Waals surface area contributed by atoms with Gasteiger partial charge in [-0.3, -0.25) is 0 Å². The van der Waals surface area contributed by atoms with Gasteiger partial charge in [0.05, 0.1) is 0 Å². The van der Waals surface area contributed by atoms with Crippen LogP contribution in [0.15, 0.2) is 24.3 Å². The molecule has 3 atom stereocenters. The Morgan fingerprint density at radius 1 is 1.26 bits per heavy atom. The first-order valence-corrected chi connectivity index (χ1v) is 8.56. The average molecular weight is 319 g/mol. The molecule has 0 spiro atoms. The summed E-state index contributed by atoms with van der Waals surface area (Å²) in [6, 6.07) is 6.99. The molecule has 1 amide bonds. The summed E-state index contributed by atoms with van der Waals surface area (Å²) in [6.07, 6.45) is 4.12. The number of halogens is 1. The van der Waals surface area contributed by atoms with Crippen molar-refractivity contribution in [3.63, 3.8) is 0 Å². The molecule has 23 heavy (non-hydrogen) atoms. The lowest BCUT2D eigenvalue weighted by atomic mass is 9.71. The number of fused-ring (bicyclic) bond motifs is 3. The highest BCUT2D eigenvalue weighted by molar-refractivity contribution is 5.69. The lowest BCUT2D eigenvalue weighted by molar-refractivity contribution is -0.0316. The zero-order chi connectivity index (χ0) is 16.6. The van der Waals surface area contributed by atoms with E-state index >= 15 is 0 Å². The van der Waals surface area contributed by atoms with E-state index in [0.717, 1.165) is 31.4 Å². The van der Waals surface area contributed by atoms with Crippen LogP contribution in [0.2, 0.25) is 0 Å². The molecule has 2 saturated heterocycles. The second-order valence-corrected chi connectivity index (χ2v) is 7.97. The minimum absolute atomic E-state index is 0.184. The summed E-state index contributed by atoms with van der Waals surface area (Å²) in [4.78, 5) is 14.4. The molecule has 2 bridgehead atoms. The van der Waals surface area contributed by atoms with Crippen LogP contribution in [0.5, 0.6) is 0 Å². The van der Waals surface area contributed by atoms with E-state index in [1.807, 2.05) is 37.8 Å². The number of nitrogens with zero attached hydrogens (tertiary/aromatic N) is 1. The quantitative estimate of drug-likeness (QED) is 0.808. The highest BCUT2D eigenvalue weighted by Gasteiger charge is 2.43. The van der Waals surface area contributed by atoms with Crippen molar-refractivity contribution >= 4 is 6.09 Å². The zero-order valence-electron chi connectivity index (χ0n) is 14.2. The van der Waals surface area contributed by atoms with Gasteiger partial charge in [0.1, 0.15) is 11.4 Å². The highest BCUT2D eigenvalue weighted by Crippen LogP contribution is 2.41. The van der Waals surface area contributed by atoms with Gasteiger partial charge < -0.3 is 9.64 Å². The first-order chi connectivity index (χ1) is 10.8. The predicted molar refractivity (Wildman–Crippen MR) is 87.7 cm³/mol. The van der Waals surface area contributed by atoms with E-state index in [2.05, 4.69) is 0 Å². The second kappa shape index (κ2) is 6.14. The molecular weight excluding hydrogens is 293 g/mol. The summed E-state index contributed by atoms with van der Waals surface area (Å²) >= 11 is 0. The normalized spacial score (nSPS) is 27.1. The van der Waals surface area contributed by atoms with Crippen LogP contribution in [0.3, 0.4) is 0 Å². The second-order valence-electron chi connectivity index (χ2n) is 7.97. The summed E-state index contributed by atoms with van der Waals surface area (Å²) in [7, 11) is 0. The number of piperidine rings is 2. The standard InChI is InChI=1S/C19H26FNO2/c1-19(2,3)23-18(22)21-12-14-6-9-17(21)15(11-14)10-13-4-7-16(20)8-5-13/h4-5,7-8,14-15,17H,6,9-12H2,1-3H3. The zero-order valence-corrected chi connectivity index (χ0v) is 14.2. The third-order valence-electron chi connectivity index (χ3n) is 4.95. The summed E-state index contributed by atoms with van der Waals surface area (Å²) in [5.74, 6) is 0.813. The largest absolute Gasteiger partial charge is 0.444 e. The predicted octanol–water partition coefficient (Wildman–Crippen LogP) is 4.40. The molecule has 3 nitrogen and oxygen atoms in total. The Kier molecular flexibility index (Phi) is 4.35. The smallest absolute Gasteiger partial charge is 0.410 e. The summed E-state index contributed by atoms with van der Waals surface area (Å²) in [5.41, 5.74) is 0.688. The number of hydrogen-bond acceptors (Lipinski definition) is 2. The van der Waals surface area contributed by atoms with Crippen molar-refractivity contribution < 1.29 is 13.9 Å². The number of hydrogen-bond donors (Lipinski definition) is 0. The molecule has 3 fully saturated rings. The van der Waals surface area contributed by atoms with Crippen LogP contribution in [-0.2, 0) is 11.2 Å². The number of amides is 1. The molecule has 126 valence electrons. The minimum Gasteiger partial charge on any atom is -0.444 e. The van der Waals surface area contributed by atoms with E-state index in [-0.39, 0.29) is 18.0 Å². The van der Waals surface area contributed by atoms with Crippen LogP contribution in [-0.4, -0.2) is 29.2 Å². The number of carbonyl (C=O) groups excluding carboxylic acids is 1. The molecule has 1 saturated carbocycles. The van der Waals surface area contributed by atoms with Gasteiger partial charge in [0.25, 0.3) is 0 Å². The third kappa shape index (κ3) is 3.85. The van der Waals surface area contributed by atoms with Gasteiger partial charge in [0.2, 0.25) is 0 Å².